The van der Waals surface area contributed by atoms with Crippen molar-refractivity contribution in [2.24, 2.45) is 0 Å². The van der Waals surface area contributed by atoms with E-state index in [0.717, 1.165) is 72.2 Å². The Hall–Kier alpha value is -3.48. The van der Waals surface area contributed by atoms with Gasteiger partial charge < -0.3 is 18.9 Å². The van der Waals surface area contributed by atoms with Gasteiger partial charge in [0.25, 0.3) is 0 Å². The minimum absolute atomic E-state index is 0.0604. The summed E-state index contributed by atoms with van der Waals surface area (Å²) in [6, 6.07) is 16.4. The molecule has 1 aliphatic heterocycles. The Labute approximate surface area is 205 Å². The number of allylic oxidation sites excluding steroid dienone is 2. The van der Waals surface area contributed by atoms with Gasteiger partial charge in [0.05, 0.1) is 6.42 Å². The van der Waals surface area contributed by atoms with Gasteiger partial charge in [-0.3, -0.25) is 9.59 Å². The number of fused-ring (bicyclic) bond motifs is 12. The summed E-state index contributed by atoms with van der Waals surface area (Å²) in [7, 11) is 4.32. The topological polar surface area (TPSA) is 50.5 Å². The highest BCUT2D eigenvalue weighted by Gasteiger charge is 2.35. The lowest BCUT2D eigenvalue weighted by atomic mass is 9.95. The molecule has 0 unspecified atom stereocenters. The van der Waals surface area contributed by atoms with Gasteiger partial charge in [-0.2, -0.15) is 0 Å². The van der Waals surface area contributed by atoms with Crippen molar-refractivity contribution in [1.29, 1.82) is 0 Å². The number of nitrogens with zero attached hydrogens (tertiary/aromatic N) is 4. The van der Waals surface area contributed by atoms with Crippen LogP contribution in [0.5, 0.6) is 0 Å². The first kappa shape index (κ1) is 22.0. The fraction of sp³-hybridized carbons (Fsp3) is 0.310. The van der Waals surface area contributed by atoms with E-state index < -0.39 is 0 Å². The monoisotopic (exact) mass is 466 g/mol. The maximum atomic E-state index is 13.3. The third-order valence-corrected chi connectivity index (χ3v) is 7.55. The van der Waals surface area contributed by atoms with Gasteiger partial charge in [-0.25, -0.2) is 0 Å². The standard InChI is InChI=1S/C29H30N4O2/c1-30-11-12-31(2)14-16-33-19-23(21-8-4-6-10-25(21)33)29-27(35)17-26(34)28(29)22-18-32(15-13-30)24-9-5-3-7-20(22)24/h3-10,18-19H,11-17H2,1-2H3. The van der Waals surface area contributed by atoms with Gasteiger partial charge in [0.15, 0.2) is 11.6 Å². The number of benzene rings is 2. The zero-order valence-electron chi connectivity index (χ0n) is 20.3. The van der Waals surface area contributed by atoms with E-state index in [1.165, 1.54) is 0 Å². The van der Waals surface area contributed by atoms with E-state index in [9.17, 15) is 9.59 Å². The van der Waals surface area contributed by atoms with Crippen molar-refractivity contribution < 1.29 is 9.59 Å². The largest absolute Gasteiger partial charge is 0.346 e. The zero-order chi connectivity index (χ0) is 24.1. The first-order chi connectivity index (χ1) is 17.0. The summed E-state index contributed by atoms with van der Waals surface area (Å²) in [4.78, 5) is 31.4. The van der Waals surface area contributed by atoms with Crippen LogP contribution in [-0.2, 0) is 22.7 Å². The Morgan fingerprint density at radius 1 is 0.571 bits per heavy atom. The fourth-order valence-electron chi connectivity index (χ4n) is 5.56. The van der Waals surface area contributed by atoms with E-state index in [1.54, 1.807) is 0 Å². The summed E-state index contributed by atoms with van der Waals surface area (Å²) in [5, 5.41) is 2.05. The van der Waals surface area contributed by atoms with Gasteiger partial charge in [0.2, 0.25) is 0 Å². The van der Waals surface area contributed by atoms with Crippen LogP contribution in [0, 0.1) is 0 Å². The maximum absolute atomic E-state index is 13.3. The van der Waals surface area contributed by atoms with Gasteiger partial charge in [-0.15, -0.1) is 0 Å². The Balaban J connectivity index is 1.63. The highest BCUT2D eigenvalue weighted by Crippen LogP contribution is 2.41. The van der Waals surface area contributed by atoms with Crippen molar-refractivity contribution in [3.8, 4) is 0 Å². The van der Waals surface area contributed by atoms with E-state index in [4.69, 9.17) is 0 Å². The molecular weight excluding hydrogens is 436 g/mol. The molecule has 0 amide bonds. The van der Waals surface area contributed by atoms with Gasteiger partial charge in [0.1, 0.15) is 0 Å². The van der Waals surface area contributed by atoms with Crippen LogP contribution in [-0.4, -0.2) is 70.8 Å². The van der Waals surface area contributed by atoms with Crippen LogP contribution in [0.15, 0.2) is 60.9 Å². The number of aromatic nitrogens is 2. The zero-order valence-corrected chi connectivity index (χ0v) is 20.3. The number of hydrogen-bond acceptors (Lipinski definition) is 4. The Kier molecular flexibility index (Phi) is 5.43. The van der Waals surface area contributed by atoms with Crippen molar-refractivity contribution in [2.75, 3.05) is 40.3 Å². The lowest BCUT2D eigenvalue weighted by Gasteiger charge is -2.22. The van der Waals surface area contributed by atoms with Crippen molar-refractivity contribution in [3.63, 3.8) is 0 Å². The van der Waals surface area contributed by atoms with Crippen LogP contribution in [0.4, 0.5) is 0 Å². The van der Waals surface area contributed by atoms with E-state index in [-0.39, 0.29) is 18.0 Å². The third kappa shape index (κ3) is 3.74. The first-order valence-electron chi connectivity index (χ1n) is 12.4. The van der Waals surface area contributed by atoms with Gasteiger partial charge in [-0.1, -0.05) is 36.4 Å². The Morgan fingerprint density at radius 3 is 1.43 bits per heavy atom. The number of likely N-dealkylation sites (N-methyl/N-ethyl adjacent to an activating group) is 2. The molecule has 4 aromatic rings. The van der Waals surface area contributed by atoms with E-state index in [2.05, 4.69) is 69.7 Å². The minimum Gasteiger partial charge on any atom is -0.346 e. The number of ketones is 2. The summed E-state index contributed by atoms with van der Waals surface area (Å²) in [6.07, 6.45) is 4.11. The number of rotatable bonds is 0. The number of hydrogen-bond donors (Lipinski definition) is 0. The normalized spacial score (nSPS) is 18.7. The Morgan fingerprint density at radius 2 is 0.971 bits per heavy atom. The van der Waals surface area contributed by atoms with Crippen LogP contribution >= 0.6 is 0 Å². The molecule has 178 valence electrons. The van der Waals surface area contributed by atoms with E-state index in [1.807, 2.05) is 24.3 Å². The molecule has 0 saturated carbocycles. The average molecular weight is 467 g/mol. The number of para-hydroxylation sites is 2. The van der Waals surface area contributed by atoms with E-state index >= 15 is 0 Å². The summed E-state index contributed by atoms with van der Waals surface area (Å²) in [5.74, 6) is -0.162. The molecule has 6 rings (SSSR count). The second kappa shape index (κ2) is 8.63. The summed E-state index contributed by atoms with van der Waals surface area (Å²) < 4.78 is 4.47. The second-order valence-electron chi connectivity index (χ2n) is 9.89. The lowest BCUT2D eigenvalue weighted by molar-refractivity contribution is -0.119. The molecule has 0 fully saturated rings. The highest BCUT2D eigenvalue weighted by molar-refractivity contribution is 6.52. The van der Waals surface area contributed by atoms with Crippen molar-refractivity contribution >= 4 is 44.5 Å². The van der Waals surface area contributed by atoms with Crippen LogP contribution in [0.25, 0.3) is 33.0 Å². The smallest absolute Gasteiger partial charge is 0.172 e. The predicted octanol–water partition coefficient (Wildman–Crippen LogP) is 3.93. The maximum Gasteiger partial charge on any atom is 0.172 e. The summed E-state index contributed by atoms with van der Waals surface area (Å²) >= 11 is 0. The van der Waals surface area contributed by atoms with Crippen molar-refractivity contribution in [1.82, 2.24) is 18.9 Å². The van der Waals surface area contributed by atoms with Crippen LogP contribution in [0.3, 0.4) is 0 Å². The summed E-state index contributed by atoms with van der Waals surface area (Å²) in [5.41, 5.74) is 5.09. The van der Waals surface area contributed by atoms with Gasteiger partial charge in [0, 0.05) is 95.7 Å². The Bertz CT molecular complexity index is 1390. The molecule has 2 aromatic heterocycles. The number of carbonyl (C=O) groups excluding carboxylic acids is 2. The quantitative estimate of drug-likeness (QED) is 0.369. The molecule has 0 N–H and O–H groups in total. The second-order valence-corrected chi connectivity index (χ2v) is 9.89. The average Bonchev–Trinajstić information content (AvgIpc) is 3.50. The lowest BCUT2D eigenvalue weighted by Crippen LogP contribution is -2.34. The molecule has 0 saturated heterocycles. The molecule has 3 heterocycles. The summed E-state index contributed by atoms with van der Waals surface area (Å²) in [6.45, 7) is 5.45. The number of Topliss-reactive ketones (excluding diaryl/α,β-unsaturated/α-hetero) is 2. The molecule has 6 nitrogen and oxygen atoms in total. The van der Waals surface area contributed by atoms with Gasteiger partial charge >= 0.3 is 0 Å². The molecule has 0 radical (unpaired) electrons. The van der Waals surface area contributed by atoms with E-state index in [0.29, 0.717) is 11.1 Å². The molecule has 6 heteroatoms. The van der Waals surface area contributed by atoms with Crippen molar-refractivity contribution in [2.45, 2.75) is 19.5 Å². The van der Waals surface area contributed by atoms with Crippen LogP contribution in [0.2, 0.25) is 0 Å². The molecule has 0 spiro atoms. The first-order valence-corrected chi connectivity index (χ1v) is 12.4. The number of carbonyl (C=O) groups is 2. The SMILES string of the molecule is CN1CCN(C)CCn2cc(c3ccccc32)C2=C(C(=O)CC2=O)c2cn(c3ccccc23)CC1. The third-order valence-electron chi connectivity index (χ3n) is 7.55. The van der Waals surface area contributed by atoms with Gasteiger partial charge in [-0.05, 0) is 26.2 Å². The molecule has 2 aliphatic rings. The molecule has 35 heavy (non-hydrogen) atoms. The van der Waals surface area contributed by atoms with Crippen LogP contribution < -0.4 is 0 Å². The van der Waals surface area contributed by atoms with Crippen molar-refractivity contribution in [3.05, 3.63) is 72.1 Å². The minimum atomic E-state index is -0.0808. The highest BCUT2D eigenvalue weighted by atomic mass is 16.2. The fourth-order valence-corrected chi connectivity index (χ4v) is 5.56. The van der Waals surface area contributed by atoms with Crippen LogP contribution in [0.1, 0.15) is 17.5 Å². The molecule has 4 bridgehead atoms. The molecule has 1 aliphatic carbocycles. The molecule has 0 atom stereocenters. The molecule has 2 aromatic carbocycles. The molecular formula is C29H30N4O2. The predicted molar refractivity (Wildman–Crippen MR) is 140 cm³/mol.